The minimum absolute atomic E-state index is 0.0139. The van der Waals surface area contributed by atoms with Crippen LogP contribution in [0.25, 0.3) is 0 Å². The fourth-order valence-electron chi connectivity index (χ4n) is 9.32. The van der Waals surface area contributed by atoms with E-state index < -0.39 is 38.1 Å². The predicted octanol–water partition coefficient (Wildman–Crippen LogP) is 18.1. The van der Waals surface area contributed by atoms with Crippen LogP contribution >= 0.6 is 23.8 Å². The monoisotopic (exact) mass is 1100 g/mol. The molecule has 0 amide bonds. The van der Waals surface area contributed by atoms with Crippen LogP contribution in [0, 0.1) is 0 Å². The highest BCUT2D eigenvalue weighted by Gasteiger charge is 2.17. The van der Waals surface area contributed by atoms with Crippen molar-refractivity contribution in [2.24, 2.45) is 0 Å². The normalized spacial score (nSPS) is 11.3. The van der Waals surface area contributed by atoms with E-state index >= 15 is 0 Å². The largest absolute Gasteiger partial charge is 0.744 e. The van der Waals surface area contributed by atoms with Gasteiger partial charge in [0.05, 0.1) is 72.3 Å². The van der Waals surface area contributed by atoms with Gasteiger partial charge in [-0.25, -0.2) is 8.42 Å². The number of carbonyl (C=O) groups excluding carboxylic acids is 2. The predicted molar refractivity (Wildman–Crippen MR) is 329 cm³/mol. The molecule has 0 heterocycles. The highest BCUT2D eigenvalue weighted by molar-refractivity contribution is 7.85. The van der Waals surface area contributed by atoms with Crippen LogP contribution < -0.4 is 10.2 Å². The molecule has 1 rings (SSSR count). The van der Waals surface area contributed by atoms with Gasteiger partial charge in [0.2, 0.25) is 0 Å². The van der Waals surface area contributed by atoms with Crippen LogP contribution in [0.15, 0.2) is 23.1 Å². The molecule has 0 aromatic heterocycles. The fraction of sp³-hybridized carbons (Fsp3) is 0.871. The lowest BCUT2D eigenvalue weighted by molar-refractivity contribution is -0.255. The molecule has 0 atom stereocenters. The average molecular weight is 1110 g/mol. The van der Waals surface area contributed by atoms with Crippen molar-refractivity contribution in [3.05, 3.63) is 29.3 Å². The Bertz CT molecular complexity index is 1230. The van der Waals surface area contributed by atoms with Crippen molar-refractivity contribution < 1.29 is 32.8 Å². The third-order valence-electron chi connectivity index (χ3n) is 14.1. The van der Waals surface area contributed by atoms with E-state index in [-0.39, 0.29) is 23.8 Å². The van der Waals surface area contributed by atoms with Crippen LogP contribution in [-0.4, -0.2) is 80.4 Å². The van der Waals surface area contributed by atoms with Gasteiger partial charge in [-0.05, 0) is 145 Å². The molecule has 7 nitrogen and oxygen atoms in total. The lowest BCUT2D eigenvalue weighted by Crippen LogP contribution is -2.26. The van der Waals surface area contributed by atoms with Crippen LogP contribution in [0.3, 0.4) is 0 Å². The van der Waals surface area contributed by atoms with Gasteiger partial charge in [0, 0.05) is 23.8 Å². The van der Waals surface area contributed by atoms with Crippen LogP contribution in [-0.2, 0) is 10.1 Å². The summed E-state index contributed by atoms with van der Waals surface area (Å²) in [4.78, 5) is 19.9. The molecular weight excluding hydrogens is 982 g/mol. The van der Waals surface area contributed by atoms with Crippen molar-refractivity contribution >= 4 is 45.8 Å². The molecule has 0 unspecified atom stereocenters. The zero-order valence-electron chi connectivity index (χ0n) is 49.8. The SMILES string of the molecule is CCCCCC[PH+](CCCCCC)CCCCCC.CCCCCC[PH+](CCCCCC)CCCCCC.CCCCCC[PH+](CCCCCC)CCCCCC.O=C([O-])c1cc(C(=O)[O-])cc(S(=O)(=O)[O-])c1. The second kappa shape index (κ2) is 59.0. The van der Waals surface area contributed by atoms with E-state index in [4.69, 9.17) is 0 Å². The summed E-state index contributed by atoms with van der Waals surface area (Å²) in [6, 6.07) is 1.67. The van der Waals surface area contributed by atoms with Gasteiger partial charge in [-0.3, -0.25) is 0 Å². The fourth-order valence-corrected chi connectivity index (χ4v) is 18.9. The highest BCUT2D eigenvalue weighted by atomic mass is 32.2. The zero-order valence-corrected chi connectivity index (χ0v) is 53.6. The lowest BCUT2D eigenvalue weighted by atomic mass is 10.1. The first-order chi connectivity index (χ1) is 35.3. The van der Waals surface area contributed by atoms with E-state index in [1.807, 2.05) is 0 Å². The first kappa shape index (κ1) is 76.6. The molecule has 73 heavy (non-hydrogen) atoms. The van der Waals surface area contributed by atoms with Crippen LogP contribution in [0.5, 0.6) is 0 Å². The summed E-state index contributed by atoms with van der Waals surface area (Å²) in [7, 11) is -4.91. The molecule has 434 valence electrons. The maximum Gasteiger partial charge on any atom is 0.124 e. The Hall–Kier alpha value is -0.640. The molecule has 0 spiro atoms. The molecule has 1 aromatic carbocycles. The highest BCUT2D eigenvalue weighted by Crippen LogP contribution is 2.41. The minimum Gasteiger partial charge on any atom is -0.744 e. The summed E-state index contributed by atoms with van der Waals surface area (Å²) in [5, 5.41) is 20.9. The van der Waals surface area contributed by atoms with Crippen LogP contribution in [0.1, 0.15) is 314 Å². The number of carboxylic acids is 2. The molecule has 0 saturated heterocycles. The van der Waals surface area contributed by atoms with E-state index in [2.05, 4.69) is 62.3 Å². The Morgan fingerprint density at radius 3 is 0.603 bits per heavy atom. The maximum atomic E-state index is 10.6. The Labute approximate surface area is 459 Å². The third-order valence-corrected chi connectivity index (χ3v) is 24.5. The molecule has 0 bridgehead atoms. The van der Waals surface area contributed by atoms with Crippen molar-refractivity contribution in [3.8, 4) is 0 Å². The van der Waals surface area contributed by atoms with Gasteiger partial charge in [0.15, 0.2) is 0 Å². The lowest BCUT2D eigenvalue weighted by Gasteiger charge is -2.13. The number of benzene rings is 1. The topological polar surface area (TPSA) is 137 Å². The number of carbonyl (C=O) groups is 2. The molecule has 0 saturated carbocycles. The number of hydrogen-bond donors (Lipinski definition) is 0. The maximum absolute atomic E-state index is 10.6. The molecule has 0 fully saturated rings. The molecule has 0 aliphatic heterocycles. The summed E-state index contributed by atoms with van der Waals surface area (Å²) in [5.74, 6) is -3.60. The molecule has 1 aromatic rings. The third kappa shape index (κ3) is 54.5. The smallest absolute Gasteiger partial charge is 0.124 e. The van der Waals surface area contributed by atoms with Gasteiger partial charge in [-0.15, -0.1) is 0 Å². The van der Waals surface area contributed by atoms with Gasteiger partial charge in [-0.2, -0.15) is 0 Å². The van der Waals surface area contributed by atoms with Gasteiger partial charge in [0.25, 0.3) is 0 Å². The van der Waals surface area contributed by atoms with Gasteiger partial charge >= 0.3 is 0 Å². The van der Waals surface area contributed by atoms with Crippen LogP contribution in [0.4, 0.5) is 0 Å². The number of unbranched alkanes of at least 4 members (excludes halogenated alkanes) is 27. The first-order valence-electron chi connectivity index (χ1n) is 31.3. The standard InChI is InChI=1S/3C18H39P.C8H6O7S/c3*1-4-7-10-13-16-19(17-14-11-8-5-2)18-15-12-9-6-3;9-7(10)4-1-5(8(11)12)3-6(2-4)16(13,14)15/h3*4-18H2,1-3H3;1-3H,(H,9,10)(H,11,12)(H,13,14,15). The Morgan fingerprint density at radius 1 is 0.315 bits per heavy atom. The minimum atomic E-state index is -4.95. The number of hydrogen-bond acceptors (Lipinski definition) is 7. The van der Waals surface area contributed by atoms with E-state index in [0.717, 1.165) is 0 Å². The number of rotatable bonds is 48. The second-order valence-electron chi connectivity index (χ2n) is 21.3. The molecule has 0 aliphatic rings. The average Bonchev–Trinajstić information content (AvgIpc) is 3.37. The van der Waals surface area contributed by atoms with Crippen LogP contribution in [0.2, 0.25) is 0 Å². The van der Waals surface area contributed by atoms with Gasteiger partial charge in [-0.1, -0.05) is 178 Å². The zero-order chi connectivity index (χ0) is 55.1. The Balaban J connectivity index is -0.000000896. The molecular formula is C62H123O7P3S. The summed E-state index contributed by atoms with van der Waals surface area (Å²) in [6.07, 6.45) is 67.3. The quantitative estimate of drug-likeness (QED) is 0.0360. The van der Waals surface area contributed by atoms with Crippen molar-refractivity contribution in [2.45, 2.75) is 298 Å². The van der Waals surface area contributed by atoms with E-state index in [1.165, 1.54) is 231 Å². The number of carboxylic acid groups (broad SMARTS) is 2. The summed E-state index contributed by atoms with van der Waals surface area (Å²) in [6.45, 7) is 20.9. The Morgan fingerprint density at radius 2 is 0.479 bits per heavy atom. The molecule has 0 aliphatic carbocycles. The molecule has 11 heteroatoms. The second-order valence-corrected chi connectivity index (χ2v) is 31.7. The van der Waals surface area contributed by atoms with E-state index in [1.54, 1.807) is 55.5 Å². The van der Waals surface area contributed by atoms with Crippen molar-refractivity contribution in [2.75, 3.05) is 55.5 Å². The van der Waals surface area contributed by atoms with Crippen molar-refractivity contribution in [1.29, 1.82) is 0 Å². The van der Waals surface area contributed by atoms with Gasteiger partial charge in [0.1, 0.15) is 10.1 Å². The van der Waals surface area contributed by atoms with Crippen molar-refractivity contribution in [3.63, 3.8) is 0 Å². The van der Waals surface area contributed by atoms with E-state index in [0.29, 0.717) is 18.2 Å². The van der Waals surface area contributed by atoms with Crippen molar-refractivity contribution in [1.82, 2.24) is 0 Å². The first-order valence-corrected chi connectivity index (χ1v) is 39.1. The van der Waals surface area contributed by atoms with E-state index in [9.17, 15) is 32.8 Å². The molecule has 0 radical (unpaired) electrons. The number of aromatic carboxylic acids is 2. The van der Waals surface area contributed by atoms with Gasteiger partial charge < -0.3 is 24.4 Å². The summed E-state index contributed by atoms with van der Waals surface area (Å²) < 4.78 is 31.8. The summed E-state index contributed by atoms with van der Waals surface area (Å²) >= 11 is 0. The molecule has 0 N–H and O–H groups in total. The Kier molecular flexibility index (Phi) is 61.9. The summed E-state index contributed by atoms with van der Waals surface area (Å²) in [5.41, 5.74) is -1.45.